The molecule has 11 heteroatoms. The second kappa shape index (κ2) is 9.70. The highest BCUT2D eigenvalue weighted by atomic mass is 35.5. The van der Waals surface area contributed by atoms with Crippen molar-refractivity contribution in [2.24, 2.45) is 10.9 Å². The molecule has 0 spiro atoms. The molecule has 162 valence electrons. The third-order valence-corrected chi connectivity index (χ3v) is 7.21. The lowest BCUT2D eigenvalue weighted by Crippen LogP contribution is -2.35. The van der Waals surface area contributed by atoms with E-state index in [9.17, 15) is 9.59 Å². The highest BCUT2D eigenvalue weighted by molar-refractivity contribution is 8.18. The fourth-order valence-corrected chi connectivity index (χ4v) is 5.29. The highest BCUT2D eigenvalue weighted by Crippen LogP contribution is 2.33. The van der Waals surface area contributed by atoms with E-state index in [1.165, 1.54) is 23.1 Å². The van der Waals surface area contributed by atoms with Crippen molar-refractivity contribution >= 4 is 80.2 Å². The summed E-state index contributed by atoms with van der Waals surface area (Å²) in [5.41, 5.74) is 0.520. The molecule has 31 heavy (non-hydrogen) atoms. The predicted molar refractivity (Wildman–Crippen MR) is 128 cm³/mol. The summed E-state index contributed by atoms with van der Waals surface area (Å²) in [5, 5.41) is 7.50. The van der Waals surface area contributed by atoms with Gasteiger partial charge in [-0.1, -0.05) is 34.5 Å². The molecule has 0 radical (unpaired) electrons. The van der Waals surface area contributed by atoms with Gasteiger partial charge in [0, 0.05) is 17.1 Å². The number of aromatic nitrogens is 1. The van der Waals surface area contributed by atoms with Crippen molar-refractivity contribution < 1.29 is 9.59 Å². The van der Waals surface area contributed by atoms with Gasteiger partial charge in [-0.15, -0.1) is 0 Å². The Morgan fingerprint density at radius 3 is 2.87 bits per heavy atom. The quantitative estimate of drug-likeness (QED) is 0.604. The number of halogens is 2. The van der Waals surface area contributed by atoms with Crippen LogP contribution in [0.25, 0.3) is 6.08 Å². The molecule has 2 fully saturated rings. The van der Waals surface area contributed by atoms with Gasteiger partial charge >= 0.3 is 0 Å². The average Bonchev–Trinajstić information content (AvgIpc) is 3.31. The average molecular weight is 496 g/mol. The smallest absolute Gasteiger partial charge is 0.264 e. The fourth-order valence-electron chi connectivity index (χ4n) is 3.18. The van der Waals surface area contributed by atoms with Crippen LogP contribution in [0.4, 0.5) is 10.8 Å². The molecule has 0 aliphatic carbocycles. The maximum atomic E-state index is 12.5. The largest absolute Gasteiger partial charge is 0.306 e. The molecule has 1 aromatic carbocycles. The third kappa shape index (κ3) is 5.67. The summed E-state index contributed by atoms with van der Waals surface area (Å²) < 4.78 is 0. The second-order valence-electron chi connectivity index (χ2n) is 7.21. The molecule has 0 saturated carbocycles. The highest BCUT2D eigenvalue weighted by Gasteiger charge is 2.26. The van der Waals surface area contributed by atoms with Gasteiger partial charge in [0.05, 0.1) is 20.5 Å². The Balaban J connectivity index is 1.41. The first-order chi connectivity index (χ1) is 14.9. The topological polar surface area (TPSA) is 86.7 Å². The first-order valence-electron chi connectivity index (χ1n) is 9.57. The third-order valence-electron chi connectivity index (χ3n) is 4.90. The summed E-state index contributed by atoms with van der Waals surface area (Å²) in [6, 6.07) is 4.97. The van der Waals surface area contributed by atoms with Crippen LogP contribution >= 0.6 is 46.3 Å². The summed E-state index contributed by atoms with van der Waals surface area (Å²) in [6.07, 6.45) is 5.07. The number of thiazole rings is 1. The zero-order valence-electron chi connectivity index (χ0n) is 16.5. The number of piperidine rings is 1. The van der Waals surface area contributed by atoms with Gasteiger partial charge in [0.25, 0.3) is 5.91 Å². The van der Waals surface area contributed by atoms with E-state index in [2.05, 4.69) is 32.6 Å². The van der Waals surface area contributed by atoms with Crippen LogP contribution in [-0.4, -0.2) is 47.0 Å². The standard InChI is InChI=1S/C20H19Cl2N5O2S2/c1-27-6-4-11(5-7-27)17(28)25-19-23-10-13(30-19)9-16-18(29)26-20(31-16)24-15-3-2-12(21)8-14(15)22/h2-3,8-11H,4-7H2,1H3,(H,23,25,28)(H,24,26,29)/b16-9-. The summed E-state index contributed by atoms with van der Waals surface area (Å²) in [7, 11) is 2.06. The number of amides is 2. The number of thioether (sulfide) groups is 1. The van der Waals surface area contributed by atoms with E-state index >= 15 is 0 Å². The van der Waals surface area contributed by atoms with Crippen molar-refractivity contribution in [3.05, 3.63) is 44.2 Å². The molecular formula is C20H19Cl2N5O2S2. The van der Waals surface area contributed by atoms with Gasteiger partial charge in [0.15, 0.2) is 10.3 Å². The van der Waals surface area contributed by atoms with Crippen molar-refractivity contribution in [1.82, 2.24) is 15.2 Å². The number of hydrogen-bond acceptors (Lipinski definition) is 7. The number of aliphatic imine (C=N–C) groups is 1. The van der Waals surface area contributed by atoms with Gasteiger partial charge in [-0.05, 0) is 69.0 Å². The molecule has 0 unspecified atom stereocenters. The molecule has 7 nitrogen and oxygen atoms in total. The maximum Gasteiger partial charge on any atom is 0.264 e. The lowest BCUT2D eigenvalue weighted by Gasteiger charge is -2.27. The summed E-state index contributed by atoms with van der Waals surface area (Å²) in [4.78, 5) is 36.9. The Bertz CT molecular complexity index is 1080. The Morgan fingerprint density at radius 1 is 1.35 bits per heavy atom. The van der Waals surface area contributed by atoms with E-state index in [0.717, 1.165) is 30.8 Å². The Labute approximate surface area is 197 Å². The van der Waals surface area contributed by atoms with Gasteiger partial charge in [-0.2, -0.15) is 0 Å². The molecule has 4 rings (SSSR count). The zero-order chi connectivity index (χ0) is 22.0. The lowest BCUT2D eigenvalue weighted by molar-refractivity contribution is -0.121. The molecule has 3 heterocycles. The van der Waals surface area contributed by atoms with Crippen molar-refractivity contribution in [2.75, 3.05) is 25.5 Å². The second-order valence-corrected chi connectivity index (χ2v) is 10.1. The van der Waals surface area contributed by atoms with Gasteiger partial charge in [0.2, 0.25) is 5.91 Å². The predicted octanol–water partition coefficient (Wildman–Crippen LogP) is 4.62. The van der Waals surface area contributed by atoms with Crippen LogP contribution in [0.1, 0.15) is 17.7 Å². The number of carbonyl (C=O) groups excluding carboxylic acids is 2. The van der Waals surface area contributed by atoms with Crippen molar-refractivity contribution in [2.45, 2.75) is 12.8 Å². The molecular weight excluding hydrogens is 477 g/mol. The number of carbonyl (C=O) groups is 2. The number of likely N-dealkylation sites (tertiary alicyclic amines) is 1. The van der Waals surface area contributed by atoms with E-state index in [1.54, 1.807) is 30.5 Å². The summed E-state index contributed by atoms with van der Waals surface area (Å²) >= 11 is 14.6. The molecule has 2 N–H and O–H groups in total. The molecule has 2 aliphatic rings. The number of hydrogen-bond donors (Lipinski definition) is 2. The van der Waals surface area contributed by atoms with Crippen LogP contribution in [0, 0.1) is 5.92 Å². The van der Waals surface area contributed by atoms with Crippen LogP contribution in [0.5, 0.6) is 0 Å². The minimum atomic E-state index is -0.251. The van der Waals surface area contributed by atoms with E-state index in [-0.39, 0.29) is 17.7 Å². The van der Waals surface area contributed by atoms with Crippen LogP contribution in [0.3, 0.4) is 0 Å². The molecule has 0 atom stereocenters. The van der Waals surface area contributed by atoms with Gasteiger partial charge in [-0.25, -0.2) is 9.98 Å². The Kier molecular flexibility index (Phi) is 6.98. The van der Waals surface area contributed by atoms with Crippen LogP contribution in [0.2, 0.25) is 10.0 Å². The minimum Gasteiger partial charge on any atom is -0.306 e. The van der Waals surface area contributed by atoms with E-state index in [0.29, 0.717) is 30.9 Å². The monoisotopic (exact) mass is 495 g/mol. The van der Waals surface area contributed by atoms with E-state index in [4.69, 9.17) is 23.2 Å². The normalized spacial score (nSPS) is 20.4. The van der Waals surface area contributed by atoms with E-state index < -0.39 is 0 Å². The number of anilines is 1. The molecule has 2 aliphatic heterocycles. The van der Waals surface area contributed by atoms with Crippen molar-refractivity contribution in [1.29, 1.82) is 0 Å². The first-order valence-corrected chi connectivity index (χ1v) is 12.0. The summed E-state index contributed by atoms with van der Waals surface area (Å²) in [5.74, 6) is -0.237. The van der Waals surface area contributed by atoms with E-state index in [1.807, 2.05) is 0 Å². The lowest BCUT2D eigenvalue weighted by atomic mass is 9.96. The van der Waals surface area contributed by atoms with Gasteiger partial charge < -0.3 is 15.5 Å². The van der Waals surface area contributed by atoms with Gasteiger partial charge in [0.1, 0.15) is 0 Å². The van der Waals surface area contributed by atoms with Crippen LogP contribution < -0.4 is 10.6 Å². The Morgan fingerprint density at radius 2 is 2.13 bits per heavy atom. The number of amidine groups is 1. The zero-order valence-corrected chi connectivity index (χ0v) is 19.7. The summed E-state index contributed by atoms with van der Waals surface area (Å²) in [6.45, 7) is 1.84. The van der Waals surface area contributed by atoms with Gasteiger partial charge in [-0.3, -0.25) is 9.59 Å². The van der Waals surface area contributed by atoms with Crippen LogP contribution in [0.15, 0.2) is 34.3 Å². The minimum absolute atomic E-state index is 0.00361. The number of benzene rings is 1. The SMILES string of the molecule is CN1CCC(C(=O)Nc2ncc(/C=C3\SC(=Nc4ccc(Cl)cc4Cl)NC3=O)s2)CC1. The molecule has 0 bridgehead atoms. The number of nitrogens with one attached hydrogen (secondary N) is 2. The molecule has 2 aromatic rings. The molecule has 2 saturated heterocycles. The first kappa shape index (κ1) is 22.3. The maximum absolute atomic E-state index is 12.5. The fraction of sp³-hybridized carbons (Fsp3) is 0.300. The Hall–Kier alpha value is -1.91. The van der Waals surface area contributed by atoms with Crippen LogP contribution in [-0.2, 0) is 9.59 Å². The van der Waals surface area contributed by atoms with Crippen molar-refractivity contribution in [3.63, 3.8) is 0 Å². The molecule has 2 amide bonds. The number of nitrogens with zero attached hydrogens (tertiary/aromatic N) is 3. The van der Waals surface area contributed by atoms with Crippen molar-refractivity contribution in [3.8, 4) is 0 Å². The number of rotatable bonds is 4. The molecule has 1 aromatic heterocycles.